The molecule has 10 heteroatoms. The molecule has 0 spiro atoms. The van der Waals surface area contributed by atoms with Crippen molar-refractivity contribution < 1.29 is 14.3 Å². The number of allylic oxidation sites excluding steroid dienone is 2. The van der Waals surface area contributed by atoms with Crippen LogP contribution in [0.1, 0.15) is 60.1 Å². The second-order valence-electron chi connectivity index (χ2n) is 12.2. The van der Waals surface area contributed by atoms with Gasteiger partial charge in [0.25, 0.3) is 5.56 Å². The smallest absolute Gasteiger partial charge is 0.295 e. The molecule has 3 N–H and O–H groups in total. The van der Waals surface area contributed by atoms with Crippen molar-refractivity contribution in [3.05, 3.63) is 69.1 Å². The van der Waals surface area contributed by atoms with Gasteiger partial charge in [0.15, 0.2) is 0 Å². The zero-order valence-electron chi connectivity index (χ0n) is 25.5. The summed E-state index contributed by atoms with van der Waals surface area (Å²) in [5.41, 5.74) is 0.124. The number of carbonyl (C=O) groups is 2. The zero-order chi connectivity index (χ0) is 30.6. The zero-order valence-corrected chi connectivity index (χ0v) is 26.2. The number of likely N-dealkylation sites (N-methyl/N-ethyl adjacent to an activating group) is 1. The molecule has 41 heavy (non-hydrogen) atoms. The molecule has 0 saturated heterocycles. The van der Waals surface area contributed by atoms with Gasteiger partial charge in [-0.05, 0) is 58.4 Å². The molecule has 1 unspecified atom stereocenters. The molecule has 1 aromatic carbocycles. The number of rotatable bonds is 12. The van der Waals surface area contributed by atoms with Gasteiger partial charge in [-0.1, -0.05) is 49.7 Å². The first kappa shape index (κ1) is 32.4. The molecule has 0 bridgehead atoms. The third-order valence-corrected chi connectivity index (χ3v) is 7.81. The van der Waals surface area contributed by atoms with Crippen LogP contribution in [0.25, 0.3) is 5.69 Å². The van der Waals surface area contributed by atoms with Gasteiger partial charge in [-0.25, -0.2) is 4.68 Å². The van der Waals surface area contributed by atoms with Gasteiger partial charge in [0.05, 0.1) is 22.6 Å². The van der Waals surface area contributed by atoms with Gasteiger partial charge >= 0.3 is 0 Å². The fraction of sp³-hybridized carbons (Fsp3) is 0.516. The molecule has 2 aromatic rings. The van der Waals surface area contributed by atoms with Crippen molar-refractivity contribution >= 4 is 29.1 Å². The number of nitrogens with zero attached hydrogens (tertiary/aromatic N) is 2. The Kier molecular flexibility index (Phi) is 10.1. The number of para-hydroxylation sites is 1. The highest BCUT2D eigenvalue weighted by Gasteiger charge is 2.36. The second-order valence-corrected chi connectivity index (χ2v) is 12.6. The van der Waals surface area contributed by atoms with Crippen LogP contribution in [-0.2, 0) is 27.8 Å². The summed E-state index contributed by atoms with van der Waals surface area (Å²) in [6.45, 7) is 12.3. The van der Waals surface area contributed by atoms with E-state index in [-0.39, 0.29) is 41.6 Å². The highest BCUT2D eigenvalue weighted by Crippen LogP contribution is 2.33. The number of halogens is 1. The molecule has 0 fully saturated rings. The molecule has 0 radical (unpaired) electrons. The molecule has 2 amide bonds. The Morgan fingerprint density at radius 3 is 2.41 bits per heavy atom. The molecule has 1 aliphatic carbocycles. The molecule has 1 aromatic heterocycles. The van der Waals surface area contributed by atoms with Crippen LogP contribution in [0.4, 0.5) is 5.69 Å². The van der Waals surface area contributed by atoms with Crippen molar-refractivity contribution in [3.63, 3.8) is 0 Å². The number of ether oxygens (including phenoxy) is 1. The Labute approximate surface area is 248 Å². The quantitative estimate of drug-likeness (QED) is 0.342. The molecule has 9 nitrogen and oxygen atoms in total. The molecule has 1 atom stereocenters. The van der Waals surface area contributed by atoms with Crippen LogP contribution in [0, 0.1) is 5.41 Å². The first-order valence-corrected chi connectivity index (χ1v) is 14.4. The Morgan fingerprint density at radius 1 is 1.15 bits per heavy atom. The van der Waals surface area contributed by atoms with Crippen molar-refractivity contribution in [2.75, 3.05) is 25.5 Å². The molecule has 224 valence electrons. The molecule has 1 heterocycles. The maximum Gasteiger partial charge on any atom is 0.295 e. The standard InChI is InChI=1S/C31H44ClN5O4/c1-9-41-31(6)16-15-21(32)17-23(31)27(39)34-20-29(2,3)19-25(38)35-26-24(18-30(4,5)33-7)36(8)37(28(26)40)22-13-11-10-12-14-22/h10-15,17,33H,9,16,18-20H2,1-8H3,(H,34,39)(H,35,38). The largest absolute Gasteiger partial charge is 0.370 e. The lowest BCUT2D eigenvalue weighted by Crippen LogP contribution is -2.44. The maximum atomic E-state index is 13.6. The number of carbonyl (C=O) groups excluding carboxylic acids is 2. The first-order valence-electron chi connectivity index (χ1n) is 14.0. The average molecular weight is 586 g/mol. The van der Waals surface area contributed by atoms with Crippen LogP contribution < -0.4 is 21.5 Å². The molecular formula is C31H44ClN5O4. The van der Waals surface area contributed by atoms with Crippen LogP contribution in [0.15, 0.2) is 57.9 Å². The van der Waals surface area contributed by atoms with E-state index in [4.69, 9.17) is 16.3 Å². The summed E-state index contributed by atoms with van der Waals surface area (Å²) in [6, 6.07) is 9.33. The lowest BCUT2D eigenvalue weighted by atomic mass is 9.86. The Bertz CT molecular complexity index is 1390. The minimum Gasteiger partial charge on any atom is -0.370 e. The van der Waals surface area contributed by atoms with Crippen LogP contribution in [0.5, 0.6) is 0 Å². The number of aromatic nitrogens is 2. The second kappa shape index (κ2) is 12.8. The van der Waals surface area contributed by atoms with Crippen molar-refractivity contribution in [1.82, 2.24) is 20.0 Å². The summed E-state index contributed by atoms with van der Waals surface area (Å²) < 4.78 is 9.25. The monoisotopic (exact) mass is 585 g/mol. The van der Waals surface area contributed by atoms with Gasteiger partial charge in [-0.3, -0.25) is 19.1 Å². The van der Waals surface area contributed by atoms with Crippen LogP contribution in [0.3, 0.4) is 0 Å². The third kappa shape index (κ3) is 7.78. The van der Waals surface area contributed by atoms with Crippen molar-refractivity contribution in [1.29, 1.82) is 0 Å². The van der Waals surface area contributed by atoms with E-state index in [1.54, 1.807) is 15.4 Å². The van der Waals surface area contributed by atoms with E-state index in [1.807, 2.05) is 92.0 Å². The Morgan fingerprint density at radius 2 is 1.80 bits per heavy atom. The summed E-state index contributed by atoms with van der Waals surface area (Å²) in [4.78, 5) is 40.2. The molecular weight excluding hydrogens is 542 g/mol. The first-order chi connectivity index (χ1) is 19.1. The van der Waals surface area contributed by atoms with Gasteiger partial charge in [-0.15, -0.1) is 0 Å². The number of hydrogen-bond acceptors (Lipinski definition) is 5. The van der Waals surface area contributed by atoms with Gasteiger partial charge in [-0.2, -0.15) is 0 Å². The fourth-order valence-corrected chi connectivity index (χ4v) is 5.14. The number of hydrogen-bond donors (Lipinski definition) is 3. The maximum absolute atomic E-state index is 13.6. The van der Waals surface area contributed by atoms with Gasteiger partial charge in [0, 0.05) is 50.0 Å². The van der Waals surface area contributed by atoms with E-state index < -0.39 is 11.0 Å². The summed E-state index contributed by atoms with van der Waals surface area (Å²) >= 11 is 6.21. The lowest BCUT2D eigenvalue weighted by molar-refractivity contribution is -0.122. The predicted molar refractivity (Wildman–Crippen MR) is 165 cm³/mol. The Balaban J connectivity index is 1.79. The van der Waals surface area contributed by atoms with Crippen molar-refractivity contribution in [2.45, 2.75) is 71.9 Å². The average Bonchev–Trinajstić information content (AvgIpc) is 3.12. The number of amides is 2. The van der Waals surface area contributed by atoms with E-state index in [9.17, 15) is 14.4 Å². The predicted octanol–water partition coefficient (Wildman–Crippen LogP) is 4.44. The summed E-state index contributed by atoms with van der Waals surface area (Å²) in [5, 5.41) is 9.64. The molecule has 0 saturated carbocycles. The van der Waals surface area contributed by atoms with Gasteiger partial charge < -0.3 is 20.7 Å². The van der Waals surface area contributed by atoms with Gasteiger partial charge in [0.1, 0.15) is 5.69 Å². The SMILES string of the molecule is CCOC1(C)CC=C(Cl)C=C1C(=O)NCC(C)(C)CC(=O)Nc1c(CC(C)(C)NC)n(C)n(-c2ccccc2)c1=O. The van der Waals surface area contributed by atoms with Crippen LogP contribution >= 0.6 is 11.6 Å². The van der Waals surface area contributed by atoms with E-state index in [0.717, 1.165) is 0 Å². The normalized spacial score (nSPS) is 17.6. The van der Waals surface area contributed by atoms with Crippen molar-refractivity contribution in [2.24, 2.45) is 12.5 Å². The van der Waals surface area contributed by atoms with Crippen LogP contribution in [-0.4, -0.2) is 52.5 Å². The minimum atomic E-state index is -0.776. The lowest BCUT2D eigenvalue weighted by Gasteiger charge is -2.33. The van der Waals surface area contributed by atoms with E-state index in [0.29, 0.717) is 41.4 Å². The van der Waals surface area contributed by atoms with Crippen molar-refractivity contribution in [3.8, 4) is 5.69 Å². The highest BCUT2D eigenvalue weighted by molar-refractivity contribution is 6.31. The molecule has 0 aliphatic heterocycles. The fourth-order valence-electron chi connectivity index (χ4n) is 4.95. The number of benzene rings is 1. The minimum absolute atomic E-state index is 0.0875. The Hall–Kier alpha value is -3.14. The summed E-state index contributed by atoms with van der Waals surface area (Å²) in [6.07, 6.45) is 4.56. The summed E-state index contributed by atoms with van der Waals surface area (Å²) in [7, 11) is 3.69. The molecule has 3 rings (SSSR count). The molecule has 1 aliphatic rings. The van der Waals surface area contributed by atoms with Gasteiger partial charge in [0.2, 0.25) is 11.8 Å². The topological polar surface area (TPSA) is 106 Å². The van der Waals surface area contributed by atoms with E-state index >= 15 is 0 Å². The number of nitrogens with one attached hydrogen (secondary N) is 3. The third-order valence-electron chi connectivity index (χ3n) is 7.55. The van der Waals surface area contributed by atoms with E-state index in [2.05, 4.69) is 16.0 Å². The number of anilines is 1. The highest BCUT2D eigenvalue weighted by atomic mass is 35.5. The summed E-state index contributed by atoms with van der Waals surface area (Å²) in [5.74, 6) is -0.594. The van der Waals surface area contributed by atoms with E-state index in [1.165, 1.54) is 0 Å². The van der Waals surface area contributed by atoms with Crippen LogP contribution in [0.2, 0.25) is 0 Å².